The van der Waals surface area contributed by atoms with Gasteiger partial charge < -0.3 is 19.1 Å². The Morgan fingerprint density at radius 1 is 0.973 bits per heavy atom. The lowest BCUT2D eigenvalue weighted by molar-refractivity contribution is 0.00729. The van der Waals surface area contributed by atoms with E-state index >= 15 is 0 Å². The van der Waals surface area contributed by atoms with Crippen LogP contribution in [0.5, 0.6) is 6.01 Å². The van der Waals surface area contributed by atoms with Crippen molar-refractivity contribution in [3.8, 4) is 11.8 Å². The summed E-state index contributed by atoms with van der Waals surface area (Å²) in [5, 5.41) is 5.90. The molecule has 0 N–H and O–H groups in total. The first-order valence-electron chi connectivity index (χ1n) is 13.8. The molecule has 5 heterocycles. The summed E-state index contributed by atoms with van der Waals surface area (Å²) in [5.74, 6) is 2.21. The molecule has 1 aromatic carbocycles. The van der Waals surface area contributed by atoms with Crippen molar-refractivity contribution in [2.45, 2.75) is 63.1 Å². The molecule has 0 spiro atoms. The zero-order valence-corrected chi connectivity index (χ0v) is 21.8. The number of aryl methyl sites for hydroxylation is 1. The summed E-state index contributed by atoms with van der Waals surface area (Å²) in [7, 11) is 1.62. The quantitative estimate of drug-likeness (QED) is 0.523. The zero-order valence-electron chi connectivity index (χ0n) is 21.8. The van der Waals surface area contributed by atoms with Gasteiger partial charge in [-0.1, -0.05) is 0 Å². The van der Waals surface area contributed by atoms with Gasteiger partial charge >= 0.3 is 6.01 Å². The molecule has 7 rings (SSSR count). The lowest BCUT2D eigenvalue weighted by Gasteiger charge is -2.39. The molecule has 3 aliphatic heterocycles. The highest BCUT2D eigenvalue weighted by Crippen LogP contribution is 2.38. The standard InChI is InChI=1S/C28H36N6O3/c1-18-11-20-15-29-34(27-14-26(30-28(31-27)35-2)33-16-23-12-22(33)17-37-23)25(20)13-24(18)19-3-5-21(6-4-19)32-7-9-36-10-8-32/h11,13-15,19,21-23H,3-10,12,16-17H2,1-2H3/t19?,21?,22-,23-/m1/s1. The number of rotatable bonds is 5. The fraction of sp³-hybridized carbons (Fsp3) is 0.607. The van der Waals surface area contributed by atoms with Crippen LogP contribution in [0.25, 0.3) is 16.7 Å². The predicted molar refractivity (Wildman–Crippen MR) is 141 cm³/mol. The SMILES string of the molecule is COc1nc(N2C[C@H]3C[C@@H]2CO3)cc(-n2ncc3cc(C)c(C4CCC(N5CCOCC5)CC4)cc32)n1. The summed E-state index contributed by atoms with van der Waals surface area (Å²) in [6.45, 7) is 7.78. The second-order valence-corrected chi connectivity index (χ2v) is 11.0. The second kappa shape index (κ2) is 9.53. The van der Waals surface area contributed by atoms with Gasteiger partial charge in [0.1, 0.15) is 5.82 Å². The van der Waals surface area contributed by atoms with E-state index < -0.39 is 0 Å². The van der Waals surface area contributed by atoms with Crippen molar-refractivity contribution >= 4 is 16.7 Å². The third kappa shape index (κ3) is 4.27. The van der Waals surface area contributed by atoms with Crippen LogP contribution in [0.4, 0.5) is 5.82 Å². The number of fused-ring (bicyclic) bond motifs is 3. The molecule has 2 bridgehead atoms. The highest BCUT2D eigenvalue weighted by Gasteiger charge is 2.40. The summed E-state index contributed by atoms with van der Waals surface area (Å²) in [4.78, 5) is 14.3. The van der Waals surface area contributed by atoms with Gasteiger partial charge in [0.15, 0.2) is 5.82 Å². The third-order valence-electron chi connectivity index (χ3n) is 8.93. The Balaban J connectivity index is 1.18. The van der Waals surface area contributed by atoms with Crippen LogP contribution in [0, 0.1) is 6.92 Å². The van der Waals surface area contributed by atoms with Gasteiger partial charge in [0.05, 0.1) is 50.8 Å². The summed E-state index contributed by atoms with van der Waals surface area (Å²) in [5.41, 5.74) is 3.90. The van der Waals surface area contributed by atoms with Crippen LogP contribution in [0.15, 0.2) is 24.4 Å². The van der Waals surface area contributed by atoms with Crippen LogP contribution < -0.4 is 9.64 Å². The first-order chi connectivity index (χ1) is 18.2. The monoisotopic (exact) mass is 504 g/mol. The number of morpholine rings is 2. The zero-order chi connectivity index (χ0) is 24.9. The number of anilines is 1. The normalized spacial score (nSPS) is 28.3. The average molecular weight is 505 g/mol. The van der Waals surface area contributed by atoms with E-state index in [0.29, 0.717) is 30.1 Å². The van der Waals surface area contributed by atoms with Crippen LogP contribution in [0.3, 0.4) is 0 Å². The van der Waals surface area contributed by atoms with Crippen molar-refractivity contribution in [2.24, 2.45) is 0 Å². The molecule has 1 saturated carbocycles. The van der Waals surface area contributed by atoms with E-state index in [9.17, 15) is 0 Å². The second-order valence-electron chi connectivity index (χ2n) is 11.0. The van der Waals surface area contributed by atoms with Crippen LogP contribution in [-0.2, 0) is 9.47 Å². The van der Waals surface area contributed by atoms with Gasteiger partial charge in [-0.15, -0.1) is 0 Å². The predicted octanol–water partition coefficient (Wildman–Crippen LogP) is 3.47. The van der Waals surface area contributed by atoms with E-state index in [1.807, 2.05) is 16.9 Å². The molecule has 37 heavy (non-hydrogen) atoms. The van der Waals surface area contributed by atoms with Crippen LogP contribution in [0.2, 0.25) is 0 Å². The molecule has 9 heteroatoms. The maximum Gasteiger partial charge on any atom is 0.320 e. The van der Waals surface area contributed by atoms with Gasteiger partial charge in [-0.3, -0.25) is 4.90 Å². The minimum absolute atomic E-state index is 0.295. The molecular formula is C28H36N6O3. The Hall–Kier alpha value is -2.75. The van der Waals surface area contributed by atoms with Crippen molar-refractivity contribution < 1.29 is 14.2 Å². The van der Waals surface area contributed by atoms with Gasteiger partial charge in [-0.25, -0.2) is 4.68 Å². The number of ether oxygens (including phenoxy) is 3. The van der Waals surface area contributed by atoms with E-state index in [4.69, 9.17) is 24.3 Å². The molecule has 2 aromatic heterocycles. The Labute approximate surface area is 217 Å². The highest BCUT2D eigenvalue weighted by atomic mass is 16.5. The van der Waals surface area contributed by atoms with Gasteiger partial charge in [-0.2, -0.15) is 15.1 Å². The highest BCUT2D eigenvalue weighted by molar-refractivity contribution is 5.82. The largest absolute Gasteiger partial charge is 0.467 e. The number of benzene rings is 1. The molecule has 3 aromatic rings. The molecule has 2 atom stereocenters. The Morgan fingerprint density at radius 2 is 1.78 bits per heavy atom. The van der Waals surface area contributed by atoms with Gasteiger partial charge in [0.25, 0.3) is 0 Å². The van der Waals surface area contributed by atoms with Crippen molar-refractivity contribution in [2.75, 3.05) is 51.5 Å². The van der Waals surface area contributed by atoms with Crippen LogP contribution in [0.1, 0.15) is 49.1 Å². The summed E-state index contributed by atoms with van der Waals surface area (Å²) >= 11 is 0. The Bertz CT molecular complexity index is 1280. The number of nitrogens with zero attached hydrogens (tertiary/aromatic N) is 6. The van der Waals surface area contributed by atoms with E-state index in [-0.39, 0.29) is 0 Å². The molecule has 1 aliphatic carbocycles. The summed E-state index contributed by atoms with van der Waals surface area (Å²) < 4.78 is 18.8. The van der Waals surface area contributed by atoms with Crippen LogP contribution in [-0.4, -0.2) is 89.4 Å². The lowest BCUT2D eigenvalue weighted by Crippen LogP contribution is -2.44. The van der Waals surface area contributed by atoms with Crippen molar-refractivity contribution in [3.63, 3.8) is 0 Å². The third-order valence-corrected chi connectivity index (χ3v) is 8.93. The maximum atomic E-state index is 5.80. The topological polar surface area (TPSA) is 77.8 Å². The van der Waals surface area contributed by atoms with Crippen LogP contribution >= 0.6 is 0 Å². The van der Waals surface area contributed by atoms with E-state index in [0.717, 1.165) is 68.4 Å². The van der Waals surface area contributed by atoms with E-state index in [1.165, 1.54) is 36.8 Å². The molecule has 3 saturated heterocycles. The molecule has 0 amide bonds. The molecule has 9 nitrogen and oxygen atoms in total. The molecule has 0 radical (unpaired) electrons. The molecule has 0 unspecified atom stereocenters. The Morgan fingerprint density at radius 3 is 2.51 bits per heavy atom. The van der Waals surface area contributed by atoms with E-state index in [1.54, 1.807) is 7.11 Å². The van der Waals surface area contributed by atoms with E-state index in [2.05, 4.69) is 33.8 Å². The average Bonchev–Trinajstić information content (AvgIpc) is 3.69. The smallest absolute Gasteiger partial charge is 0.320 e. The number of hydrogen-bond donors (Lipinski definition) is 0. The fourth-order valence-corrected chi connectivity index (χ4v) is 6.95. The summed E-state index contributed by atoms with van der Waals surface area (Å²) in [6, 6.07) is 8.13. The molecule has 4 aliphatic rings. The minimum atomic E-state index is 0.295. The van der Waals surface area contributed by atoms with Gasteiger partial charge in [0, 0.05) is 37.1 Å². The lowest BCUT2D eigenvalue weighted by atomic mass is 9.79. The first kappa shape index (κ1) is 23.4. The molecular weight excluding hydrogens is 468 g/mol. The van der Waals surface area contributed by atoms with Gasteiger partial charge in [-0.05, 0) is 68.2 Å². The van der Waals surface area contributed by atoms with Crippen molar-refractivity contribution in [1.29, 1.82) is 0 Å². The molecule has 4 fully saturated rings. The van der Waals surface area contributed by atoms with Crippen molar-refractivity contribution in [1.82, 2.24) is 24.6 Å². The fourth-order valence-electron chi connectivity index (χ4n) is 6.95. The maximum absolute atomic E-state index is 5.80. The van der Waals surface area contributed by atoms with Crippen molar-refractivity contribution in [3.05, 3.63) is 35.5 Å². The number of methoxy groups -OCH3 is 1. The minimum Gasteiger partial charge on any atom is -0.467 e. The van der Waals surface area contributed by atoms with Gasteiger partial charge in [0.2, 0.25) is 0 Å². The summed E-state index contributed by atoms with van der Waals surface area (Å²) in [6.07, 6.45) is 8.28. The number of aromatic nitrogens is 4. The number of hydrogen-bond acceptors (Lipinski definition) is 8. The molecule has 196 valence electrons. The first-order valence-corrected chi connectivity index (χ1v) is 13.8. The Kier molecular flexibility index (Phi) is 6.02.